The van der Waals surface area contributed by atoms with Crippen LogP contribution in [0.25, 0.3) is 0 Å². The summed E-state index contributed by atoms with van der Waals surface area (Å²) < 4.78 is 5.60. The van der Waals surface area contributed by atoms with Gasteiger partial charge in [-0.05, 0) is 32.0 Å². The lowest BCUT2D eigenvalue weighted by Gasteiger charge is -2.32. The summed E-state index contributed by atoms with van der Waals surface area (Å²) in [5.41, 5.74) is 0.877. The van der Waals surface area contributed by atoms with E-state index in [1.807, 2.05) is 37.4 Å². The molecule has 1 aromatic rings. The molecule has 1 saturated heterocycles. The van der Waals surface area contributed by atoms with Gasteiger partial charge in [-0.25, -0.2) is 4.79 Å². The van der Waals surface area contributed by atoms with E-state index in [-0.39, 0.29) is 24.5 Å². The number of carbonyl (C=O) groups is 2. The van der Waals surface area contributed by atoms with Gasteiger partial charge in [0, 0.05) is 19.6 Å². The number of likely N-dealkylation sites (N-methyl/N-ethyl adjacent to an activating group) is 1. The number of ether oxygens (including phenoxy) is 1. The van der Waals surface area contributed by atoms with Crippen LogP contribution in [0.1, 0.15) is 25.3 Å². The SMILES string of the molecule is COC(C(C)C(=O)NC(Cc1ccccc1)C(=O)O)C1CCCN1C. The largest absolute Gasteiger partial charge is 0.480 e. The number of benzene rings is 1. The molecule has 4 atom stereocenters. The van der Waals surface area contributed by atoms with Crippen LogP contribution in [0.3, 0.4) is 0 Å². The number of nitrogens with one attached hydrogen (secondary N) is 1. The number of carbonyl (C=O) groups excluding carboxylic acids is 1. The van der Waals surface area contributed by atoms with Crippen LogP contribution in [0.15, 0.2) is 30.3 Å². The van der Waals surface area contributed by atoms with Crippen molar-refractivity contribution in [1.29, 1.82) is 0 Å². The summed E-state index contributed by atoms with van der Waals surface area (Å²) in [7, 11) is 3.64. The zero-order valence-corrected chi connectivity index (χ0v) is 15.1. The summed E-state index contributed by atoms with van der Waals surface area (Å²) in [6, 6.07) is 8.54. The van der Waals surface area contributed by atoms with Crippen LogP contribution in [-0.2, 0) is 20.7 Å². The topological polar surface area (TPSA) is 78.9 Å². The first-order chi connectivity index (χ1) is 11.9. The number of carboxylic acids is 1. The number of likely N-dealkylation sites (tertiary alicyclic amines) is 1. The van der Waals surface area contributed by atoms with Crippen molar-refractivity contribution < 1.29 is 19.4 Å². The predicted octanol–water partition coefficient (Wildman–Crippen LogP) is 1.54. The molecule has 1 aliphatic heterocycles. The van der Waals surface area contributed by atoms with E-state index in [0.29, 0.717) is 0 Å². The lowest BCUT2D eigenvalue weighted by atomic mass is 9.94. The first-order valence-electron chi connectivity index (χ1n) is 8.74. The third kappa shape index (κ3) is 5.03. The van der Waals surface area contributed by atoms with E-state index >= 15 is 0 Å². The lowest BCUT2D eigenvalue weighted by molar-refractivity contribution is -0.143. The summed E-state index contributed by atoms with van der Waals surface area (Å²) in [6.45, 7) is 2.79. The first-order valence-corrected chi connectivity index (χ1v) is 8.74. The van der Waals surface area contributed by atoms with Crippen LogP contribution in [0.2, 0.25) is 0 Å². The quantitative estimate of drug-likeness (QED) is 0.745. The molecule has 1 fully saturated rings. The number of amides is 1. The molecule has 0 radical (unpaired) electrons. The Morgan fingerprint density at radius 1 is 1.36 bits per heavy atom. The van der Waals surface area contributed by atoms with Crippen LogP contribution in [-0.4, -0.2) is 60.8 Å². The fraction of sp³-hybridized carbons (Fsp3) is 0.579. The molecule has 2 rings (SSSR count). The normalized spacial score (nSPS) is 21.5. The van der Waals surface area contributed by atoms with Crippen LogP contribution in [0, 0.1) is 5.92 Å². The van der Waals surface area contributed by atoms with Crippen molar-refractivity contribution >= 4 is 11.9 Å². The molecule has 2 N–H and O–H groups in total. The Morgan fingerprint density at radius 3 is 2.56 bits per heavy atom. The molecule has 25 heavy (non-hydrogen) atoms. The molecule has 6 nitrogen and oxygen atoms in total. The summed E-state index contributed by atoms with van der Waals surface area (Å²) in [4.78, 5) is 26.4. The summed E-state index contributed by atoms with van der Waals surface area (Å²) in [5.74, 6) is -1.74. The minimum absolute atomic E-state index is 0.183. The number of hydrogen-bond donors (Lipinski definition) is 2. The van der Waals surface area contributed by atoms with E-state index < -0.39 is 17.9 Å². The van der Waals surface area contributed by atoms with Gasteiger partial charge in [-0.3, -0.25) is 4.79 Å². The maximum absolute atomic E-state index is 12.6. The molecule has 0 aliphatic carbocycles. The molecule has 4 unspecified atom stereocenters. The van der Waals surface area contributed by atoms with E-state index in [1.54, 1.807) is 14.0 Å². The molecular formula is C19H28N2O4. The molecule has 1 aliphatic rings. The second-order valence-electron chi connectivity index (χ2n) is 6.77. The number of rotatable bonds is 8. The molecule has 0 saturated carbocycles. The molecule has 0 aromatic heterocycles. The number of methoxy groups -OCH3 is 1. The predicted molar refractivity (Wildman–Crippen MR) is 95.3 cm³/mol. The average Bonchev–Trinajstić information content (AvgIpc) is 3.01. The second kappa shape index (κ2) is 8.97. The van der Waals surface area contributed by atoms with Crippen molar-refractivity contribution in [3.05, 3.63) is 35.9 Å². The van der Waals surface area contributed by atoms with Crippen molar-refractivity contribution in [2.75, 3.05) is 20.7 Å². The van der Waals surface area contributed by atoms with Gasteiger partial charge in [-0.1, -0.05) is 37.3 Å². The van der Waals surface area contributed by atoms with Gasteiger partial charge in [0.25, 0.3) is 0 Å². The van der Waals surface area contributed by atoms with Gasteiger partial charge in [-0.15, -0.1) is 0 Å². The second-order valence-corrected chi connectivity index (χ2v) is 6.77. The molecule has 0 bridgehead atoms. The van der Waals surface area contributed by atoms with Crippen LogP contribution >= 0.6 is 0 Å². The fourth-order valence-corrected chi connectivity index (χ4v) is 3.55. The van der Waals surface area contributed by atoms with Crippen LogP contribution < -0.4 is 5.32 Å². The van der Waals surface area contributed by atoms with Gasteiger partial charge in [0.05, 0.1) is 12.0 Å². The maximum atomic E-state index is 12.6. The van der Waals surface area contributed by atoms with Crippen LogP contribution in [0.4, 0.5) is 0 Å². The zero-order valence-electron chi connectivity index (χ0n) is 15.1. The fourth-order valence-electron chi connectivity index (χ4n) is 3.55. The average molecular weight is 348 g/mol. The maximum Gasteiger partial charge on any atom is 0.326 e. The van der Waals surface area contributed by atoms with E-state index in [9.17, 15) is 14.7 Å². The van der Waals surface area contributed by atoms with Crippen molar-refractivity contribution in [1.82, 2.24) is 10.2 Å². The zero-order chi connectivity index (χ0) is 18.4. The highest BCUT2D eigenvalue weighted by Crippen LogP contribution is 2.24. The van der Waals surface area contributed by atoms with Gasteiger partial charge >= 0.3 is 5.97 Å². The highest BCUT2D eigenvalue weighted by molar-refractivity contribution is 5.85. The van der Waals surface area contributed by atoms with Gasteiger partial charge in [0.2, 0.25) is 5.91 Å². The molecule has 138 valence electrons. The minimum atomic E-state index is -1.03. The highest BCUT2D eigenvalue weighted by atomic mass is 16.5. The first kappa shape index (κ1) is 19.4. The van der Waals surface area contributed by atoms with Crippen molar-refractivity contribution in [3.8, 4) is 0 Å². The third-order valence-electron chi connectivity index (χ3n) is 5.03. The van der Waals surface area contributed by atoms with E-state index in [4.69, 9.17) is 4.74 Å². The van der Waals surface area contributed by atoms with Crippen molar-refractivity contribution in [2.45, 2.75) is 44.4 Å². The van der Waals surface area contributed by atoms with Gasteiger partial charge in [0.1, 0.15) is 6.04 Å². The van der Waals surface area contributed by atoms with E-state index in [1.165, 1.54) is 0 Å². The number of hydrogen-bond acceptors (Lipinski definition) is 4. The molecular weight excluding hydrogens is 320 g/mol. The van der Waals surface area contributed by atoms with Crippen molar-refractivity contribution in [2.24, 2.45) is 5.92 Å². The Balaban J connectivity index is 2.02. The van der Waals surface area contributed by atoms with Gasteiger partial charge in [-0.2, -0.15) is 0 Å². The standard InChI is InChI=1S/C19H28N2O4/c1-13(17(25-3)16-10-7-11-21(16)2)18(22)20-15(19(23)24)12-14-8-5-4-6-9-14/h4-6,8-9,13,15-17H,7,10-12H2,1-3H3,(H,20,22)(H,23,24). The van der Waals surface area contributed by atoms with E-state index in [0.717, 1.165) is 24.9 Å². The summed E-state index contributed by atoms with van der Waals surface area (Å²) in [6.07, 6.45) is 2.08. The Bertz CT molecular complexity index is 578. The van der Waals surface area contributed by atoms with Crippen LogP contribution in [0.5, 0.6) is 0 Å². The third-order valence-corrected chi connectivity index (χ3v) is 5.03. The van der Waals surface area contributed by atoms with Gasteiger partial charge in [0.15, 0.2) is 0 Å². The lowest BCUT2D eigenvalue weighted by Crippen LogP contribution is -2.50. The number of carboxylic acid groups (broad SMARTS) is 1. The number of nitrogens with zero attached hydrogens (tertiary/aromatic N) is 1. The van der Waals surface area contributed by atoms with E-state index in [2.05, 4.69) is 10.2 Å². The Labute approximate surface area is 149 Å². The summed E-state index contributed by atoms with van der Waals surface area (Å²) in [5, 5.41) is 12.1. The number of aliphatic carboxylic acids is 1. The minimum Gasteiger partial charge on any atom is -0.480 e. The smallest absolute Gasteiger partial charge is 0.326 e. The molecule has 1 heterocycles. The highest BCUT2D eigenvalue weighted by Gasteiger charge is 2.37. The molecule has 6 heteroatoms. The molecule has 1 amide bonds. The Morgan fingerprint density at radius 2 is 2.04 bits per heavy atom. The van der Waals surface area contributed by atoms with Gasteiger partial charge < -0.3 is 20.1 Å². The Hall–Kier alpha value is -1.92. The monoisotopic (exact) mass is 348 g/mol. The Kier molecular flexibility index (Phi) is 6.96. The molecule has 0 spiro atoms. The summed E-state index contributed by atoms with van der Waals surface area (Å²) >= 11 is 0. The molecule has 1 aromatic carbocycles. The van der Waals surface area contributed by atoms with Crippen molar-refractivity contribution in [3.63, 3.8) is 0 Å².